The summed E-state index contributed by atoms with van der Waals surface area (Å²) < 4.78 is 0. The molecule has 0 N–H and O–H groups in total. The van der Waals surface area contributed by atoms with E-state index in [4.69, 9.17) is 0 Å². The molecule has 0 aromatic carbocycles. The van der Waals surface area contributed by atoms with Crippen molar-refractivity contribution < 1.29 is 0 Å². The van der Waals surface area contributed by atoms with Crippen LogP contribution >= 0.6 is 0 Å². The average Bonchev–Trinajstić information content (AvgIpc) is 1.35. The van der Waals surface area contributed by atoms with Gasteiger partial charge in [0.05, 0.1) is 0 Å². The first-order valence-corrected chi connectivity index (χ1v) is 5.62. The van der Waals surface area contributed by atoms with Crippen LogP contribution in [0.15, 0.2) is 0 Å². The Labute approximate surface area is 40.8 Å². The molecule has 0 bridgehead atoms. The van der Waals surface area contributed by atoms with Crippen LogP contribution in [0.4, 0.5) is 0 Å². The minimum absolute atomic E-state index is 1.01. The van der Waals surface area contributed by atoms with E-state index in [0.717, 1.165) is 0 Å². The third-order valence-corrected chi connectivity index (χ3v) is 2.01. The van der Waals surface area contributed by atoms with Crippen LogP contribution in [0.2, 0.25) is 19.6 Å². The lowest BCUT2D eigenvalue weighted by molar-refractivity contribution is 1.14. The molecule has 2 heteroatoms. The minimum Gasteiger partial charge on any atom is -0.273 e. The van der Waals surface area contributed by atoms with Crippen molar-refractivity contribution in [1.82, 2.24) is 4.98 Å². The number of rotatable bonds is 1. The van der Waals surface area contributed by atoms with E-state index in [9.17, 15) is 0 Å². The molecule has 0 aliphatic carbocycles. The van der Waals surface area contributed by atoms with Gasteiger partial charge >= 0.3 is 0 Å². The number of hydrogen-bond acceptors (Lipinski definition) is 0. The zero-order chi connectivity index (χ0) is 5.21. The van der Waals surface area contributed by atoms with E-state index in [-0.39, 0.29) is 0 Å². The summed E-state index contributed by atoms with van der Waals surface area (Å²) in [5.74, 6) is 0. The highest BCUT2D eigenvalue weighted by atomic mass is 28.3. The molecule has 0 aliphatic rings. The summed E-state index contributed by atoms with van der Waals surface area (Å²) >= 11 is 0. The first-order valence-electron chi connectivity index (χ1n) is 2.17. The summed E-state index contributed by atoms with van der Waals surface area (Å²) in [5.41, 5.74) is 0. The molecular formula is C4H12NSi. The van der Waals surface area contributed by atoms with E-state index in [1.54, 1.807) is 0 Å². The van der Waals surface area contributed by atoms with Gasteiger partial charge in [-0.05, 0) is 7.05 Å². The quantitative estimate of drug-likeness (QED) is 0.439. The molecule has 6 heavy (non-hydrogen) atoms. The highest BCUT2D eigenvalue weighted by molar-refractivity contribution is 6.73. The molecule has 0 heterocycles. The molecule has 1 radical (unpaired) electrons. The highest BCUT2D eigenvalue weighted by Crippen LogP contribution is 1.91. The topological polar surface area (TPSA) is 14.1 Å². The van der Waals surface area contributed by atoms with E-state index in [1.807, 2.05) is 7.05 Å². The Kier molecular flexibility index (Phi) is 1.81. The predicted molar refractivity (Wildman–Crippen MR) is 31.4 cm³/mol. The van der Waals surface area contributed by atoms with E-state index in [1.165, 1.54) is 0 Å². The largest absolute Gasteiger partial charge is 0.273 e. The lowest BCUT2D eigenvalue weighted by Gasteiger charge is -2.09. The smallest absolute Gasteiger partial charge is 0.135 e. The summed E-state index contributed by atoms with van der Waals surface area (Å²) in [5, 5.41) is 0. The molecule has 0 spiro atoms. The van der Waals surface area contributed by atoms with Crippen molar-refractivity contribution in [3.63, 3.8) is 0 Å². The van der Waals surface area contributed by atoms with Crippen molar-refractivity contribution in [3.05, 3.63) is 0 Å². The molecule has 0 unspecified atom stereocenters. The first kappa shape index (κ1) is 6.18. The lowest BCUT2D eigenvalue weighted by atomic mass is 11.6. The van der Waals surface area contributed by atoms with Crippen LogP contribution < -0.4 is 4.98 Å². The van der Waals surface area contributed by atoms with Crippen LogP contribution in [0.1, 0.15) is 0 Å². The van der Waals surface area contributed by atoms with E-state index >= 15 is 0 Å². The summed E-state index contributed by atoms with van der Waals surface area (Å²) in [6, 6.07) is 0. The SMILES string of the molecule is C[N][Si](C)(C)C. The van der Waals surface area contributed by atoms with Crippen LogP contribution in [0.25, 0.3) is 0 Å². The molecule has 0 saturated carbocycles. The fraction of sp³-hybridized carbons (Fsp3) is 1.00. The molecular weight excluding hydrogens is 90.1 g/mol. The Morgan fingerprint density at radius 3 is 1.33 bits per heavy atom. The zero-order valence-corrected chi connectivity index (χ0v) is 5.95. The van der Waals surface area contributed by atoms with Crippen molar-refractivity contribution in [2.75, 3.05) is 7.05 Å². The molecule has 0 saturated heterocycles. The number of nitrogens with zero attached hydrogens (tertiary/aromatic N) is 1. The standard InChI is InChI=1S/C4H12NSi/c1-5-6(2,3)4/h1-4H3. The summed E-state index contributed by atoms with van der Waals surface area (Å²) in [6.07, 6.45) is 0. The Bertz CT molecular complexity index is 37.3. The fourth-order valence-corrected chi connectivity index (χ4v) is 0. The van der Waals surface area contributed by atoms with E-state index in [0.29, 0.717) is 0 Å². The van der Waals surface area contributed by atoms with Crippen LogP contribution in [0.3, 0.4) is 0 Å². The molecule has 0 aliphatic heterocycles. The molecule has 1 nitrogen and oxygen atoms in total. The van der Waals surface area contributed by atoms with Crippen molar-refractivity contribution >= 4 is 8.24 Å². The monoisotopic (exact) mass is 102 g/mol. The van der Waals surface area contributed by atoms with Crippen molar-refractivity contribution in [2.24, 2.45) is 0 Å². The fourth-order valence-electron chi connectivity index (χ4n) is 0. The Hall–Kier alpha value is 0.177. The van der Waals surface area contributed by atoms with E-state index < -0.39 is 8.24 Å². The number of hydrogen-bond donors (Lipinski definition) is 0. The predicted octanol–water partition coefficient (Wildman–Crippen LogP) is 1.06. The molecule has 0 amide bonds. The maximum atomic E-state index is 4.16. The van der Waals surface area contributed by atoms with Crippen LogP contribution in [-0.2, 0) is 0 Å². The average molecular weight is 102 g/mol. The molecule has 37 valence electrons. The summed E-state index contributed by atoms with van der Waals surface area (Å²) in [7, 11) is 0.889. The van der Waals surface area contributed by atoms with Gasteiger partial charge in [-0.15, -0.1) is 0 Å². The van der Waals surface area contributed by atoms with Gasteiger partial charge in [-0.3, -0.25) is 4.98 Å². The van der Waals surface area contributed by atoms with Crippen molar-refractivity contribution in [1.29, 1.82) is 0 Å². The molecule has 0 aromatic rings. The van der Waals surface area contributed by atoms with Gasteiger partial charge in [0.25, 0.3) is 0 Å². The van der Waals surface area contributed by atoms with Crippen LogP contribution in [0, 0.1) is 0 Å². The zero-order valence-electron chi connectivity index (χ0n) is 4.95. The summed E-state index contributed by atoms with van der Waals surface area (Å²) in [6.45, 7) is 6.65. The second kappa shape index (κ2) is 1.75. The van der Waals surface area contributed by atoms with Gasteiger partial charge in [-0.25, -0.2) is 0 Å². The Morgan fingerprint density at radius 1 is 1.17 bits per heavy atom. The van der Waals surface area contributed by atoms with Crippen LogP contribution in [0.5, 0.6) is 0 Å². The third kappa shape index (κ3) is 4.18. The van der Waals surface area contributed by atoms with Gasteiger partial charge in [0.15, 0.2) is 0 Å². The normalized spacial score (nSPS) is 12.0. The van der Waals surface area contributed by atoms with Gasteiger partial charge in [0.1, 0.15) is 8.24 Å². The molecule has 0 rings (SSSR count). The highest BCUT2D eigenvalue weighted by Gasteiger charge is 2.08. The van der Waals surface area contributed by atoms with Crippen LogP contribution in [-0.4, -0.2) is 15.3 Å². The maximum absolute atomic E-state index is 4.16. The molecule has 0 atom stereocenters. The van der Waals surface area contributed by atoms with E-state index in [2.05, 4.69) is 24.6 Å². The van der Waals surface area contributed by atoms with Gasteiger partial charge in [0.2, 0.25) is 0 Å². The van der Waals surface area contributed by atoms with Gasteiger partial charge < -0.3 is 0 Å². The Morgan fingerprint density at radius 2 is 1.33 bits per heavy atom. The van der Waals surface area contributed by atoms with Gasteiger partial charge in [-0.2, -0.15) is 0 Å². The van der Waals surface area contributed by atoms with Crippen molar-refractivity contribution in [3.8, 4) is 0 Å². The Balaban J connectivity index is 3.17. The third-order valence-electron chi connectivity index (χ3n) is 0.671. The minimum atomic E-state index is -1.01. The summed E-state index contributed by atoms with van der Waals surface area (Å²) in [4.78, 5) is 4.16. The van der Waals surface area contributed by atoms with Crippen molar-refractivity contribution in [2.45, 2.75) is 19.6 Å². The molecule has 0 fully saturated rings. The lowest BCUT2D eigenvalue weighted by Crippen LogP contribution is -2.31. The van der Waals surface area contributed by atoms with Gasteiger partial charge in [0, 0.05) is 0 Å². The van der Waals surface area contributed by atoms with Gasteiger partial charge in [-0.1, -0.05) is 19.6 Å². The molecule has 0 aromatic heterocycles. The second-order valence-corrected chi connectivity index (χ2v) is 7.18. The first-order chi connectivity index (χ1) is 2.56. The second-order valence-electron chi connectivity index (χ2n) is 2.39. The maximum Gasteiger partial charge on any atom is 0.135 e.